The number of halogens is 1. The summed E-state index contributed by atoms with van der Waals surface area (Å²) in [6, 6.07) is 1.89. The Morgan fingerprint density at radius 2 is 2.16 bits per heavy atom. The minimum absolute atomic E-state index is 0. The molecule has 106 valence electrons. The predicted octanol–water partition coefficient (Wildman–Crippen LogP) is 0.910. The van der Waals surface area contributed by atoms with Crippen LogP contribution in [0.25, 0.3) is 0 Å². The van der Waals surface area contributed by atoms with E-state index < -0.39 is 5.54 Å². The summed E-state index contributed by atoms with van der Waals surface area (Å²) in [4.78, 5) is 12.6. The molecule has 1 aromatic heterocycles. The Morgan fingerprint density at radius 1 is 1.42 bits per heavy atom. The van der Waals surface area contributed by atoms with Gasteiger partial charge in [-0.1, -0.05) is 0 Å². The van der Waals surface area contributed by atoms with Crippen molar-refractivity contribution in [3.05, 3.63) is 18.5 Å². The third kappa shape index (κ3) is 2.92. The van der Waals surface area contributed by atoms with Crippen LogP contribution in [-0.2, 0) is 10.3 Å². The normalized spacial score (nSPS) is 21.5. The summed E-state index contributed by atoms with van der Waals surface area (Å²) in [6.07, 6.45) is 7.80. The zero-order valence-electron chi connectivity index (χ0n) is 11.0. The Labute approximate surface area is 119 Å². The van der Waals surface area contributed by atoms with Crippen molar-refractivity contribution in [2.75, 3.05) is 19.6 Å². The number of nitrogens with zero attached hydrogens (tertiary/aromatic N) is 2. The molecule has 1 saturated carbocycles. The number of aromatic nitrogens is 2. The number of carbonyl (C=O) groups excluding carboxylic acids is 1. The van der Waals surface area contributed by atoms with Crippen LogP contribution < -0.4 is 10.6 Å². The van der Waals surface area contributed by atoms with Crippen LogP contribution in [0.3, 0.4) is 0 Å². The number of piperidine rings is 1. The maximum Gasteiger partial charge on any atom is 0.248 e. The van der Waals surface area contributed by atoms with Gasteiger partial charge in [0, 0.05) is 18.9 Å². The lowest BCUT2D eigenvalue weighted by molar-refractivity contribution is -0.132. The molecule has 1 aliphatic carbocycles. The molecule has 1 aliphatic heterocycles. The summed E-state index contributed by atoms with van der Waals surface area (Å²) < 4.78 is 1.84. The molecular weight excluding hydrogens is 264 g/mol. The molecule has 0 unspecified atom stereocenters. The van der Waals surface area contributed by atoms with Gasteiger partial charge in [0.15, 0.2) is 0 Å². The molecule has 1 saturated heterocycles. The quantitative estimate of drug-likeness (QED) is 0.864. The fourth-order valence-corrected chi connectivity index (χ4v) is 2.65. The fourth-order valence-electron chi connectivity index (χ4n) is 2.65. The molecule has 2 aliphatic rings. The van der Waals surface area contributed by atoms with E-state index in [0.717, 1.165) is 32.5 Å². The summed E-state index contributed by atoms with van der Waals surface area (Å²) in [7, 11) is 0. The van der Waals surface area contributed by atoms with Crippen LogP contribution in [0.1, 0.15) is 25.7 Å². The van der Waals surface area contributed by atoms with E-state index in [0.29, 0.717) is 5.92 Å². The van der Waals surface area contributed by atoms with E-state index in [2.05, 4.69) is 15.7 Å². The van der Waals surface area contributed by atoms with Crippen molar-refractivity contribution in [2.45, 2.75) is 31.2 Å². The highest BCUT2D eigenvalue weighted by Gasteiger charge is 2.42. The van der Waals surface area contributed by atoms with Crippen LogP contribution in [0.2, 0.25) is 0 Å². The second kappa shape index (κ2) is 5.92. The molecule has 0 radical (unpaired) electrons. The highest BCUT2D eigenvalue weighted by molar-refractivity contribution is 5.85. The lowest BCUT2D eigenvalue weighted by Crippen LogP contribution is -2.54. The first-order valence-corrected chi connectivity index (χ1v) is 6.80. The Bertz CT molecular complexity index is 410. The SMILES string of the molecule is Cl.O=C(NCC1CC1)C1(n2cccn2)CCNCC1. The minimum atomic E-state index is -0.482. The van der Waals surface area contributed by atoms with Crippen LogP contribution in [-0.4, -0.2) is 35.3 Å². The molecule has 3 rings (SSSR count). The zero-order chi connectivity index (χ0) is 12.4. The van der Waals surface area contributed by atoms with Crippen molar-refractivity contribution >= 4 is 18.3 Å². The second-order valence-electron chi connectivity index (χ2n) is 5.39. The van der Waals surface area contributed by atoms with Gasteiger partial charge in [-0.15, -0.1) is 12.4 Å². The summed E-state index contributed by atoms with van der Waals surface area (Å²) in [6.45, 7) is 2.57. The molecule has 0 bridgehead atoms. The Kier molecular flexibility index (Phi) is 4.47. The van der Waals surface area contributed by atoms with Gasteiger partial charge in [0.25, 0.3) is 0 Å². The molecule has 2 N–H and O–H groups in total. The maximum absolute atomic E-state index is 12.6. The fraction of sp³-hybridized carbons (Fsp3) is 0.692. The first kappa shape index (κ1) is 14.3. The number of carbonyl (C=O) groups is 1. The monoisotopic (exact) mass is 284 g/mol. The van der Waals surface area contributed by atoms with Gasteiger partial charge in [-0.2, -0.15) is 5.10 Å². The summed E-state index contributed by atoms with van der Waals surface area (Å²) in [5.74, 6) is 0.852. The third-order valence-corrected chi connectivity index (χ3v) is 4.04. The van der Waals surface area contributed by atoms with Crippen molar-refractivity contribution < 1.29 is 4.79 Å². The Hall–Kier alpha value is -1.07. The van der Waals surface area contributed by atoms with Crippen LogP contribution in [0, 0.1) is 5.92 Å². The van der Waals surface area contributed by atoms with Crippen molar-refractivity contribution in [3.8, 4) is 0 Å². The van der Waals surface area contributed by atoms with Crippen molar-refractivity contribution in [1.82, 2.24) is 20.4 Å². The van der Waals surface area contributed by atoms with Crippen LogP contribution in [0.5, 0.6) is 0 Å². The first-order valence-electron chi connectivity index (χ1n) is 6.80. The number of hydrogen-bond donors (Lipinski definition) is 2. The van der Waals surface area contributed by atoms with Crippen LogP contribution >= 0.6 is 12.4 Å². The van der Waals surface area contributed by atoms with Gasteiger partial charge < -0.3 is 10.6 Å². The summed E-state index contributed by atoms with van der Waals surface area (Å²) in [5, 5.41) is 10.7. The van der Waals surface area contributed by atoms with Gasteiger partial charge in [-0.05, 0) is 50.8 Å². The van der Waals surface area contributed by atoms with Gasteiger partial charge in [0.1, 0.15) is 5.54 Å². The zero-order valence-corrected chi connectivity index (χ0v) is 11.8. The van der Waals surface area contributed by atoms with Crippen molar-refractivity contribution in [2.24, 2.45) is 5.92 Å². The minimum Gasteiger partial charge on any atom is -0.354 e. The summed E-state index contributed by atoms with van der Waals surface area (Å²) >= 11 is 0. The van der Waals surface area contributed by atoms with E-state index in [9.17, 15) is 4.79 Å². The molecule has 1 aromatic rings. The molecule has 0 atom stereocenters. The van der Waals surface area contributed by atoms with Gasteiger partial charge in [0.05, 0.1) is 0 Å². The largest absolute Gasteiger partial charge is 0.354 e. The average molecular weight is 285 g/mol. The van der Waals surface area contributed by atoms with Gasteiger partial charge >= 0.3 is 0 Å². The molecule has 2 fully saturated rings. The molecule has 0 spiro atoms. The highest BCUT2D eigenvalue weighted by atomic mass is 35.5. The van der Waals surface area contributed by atoms with Crippen molar-refractivity contribution in [1.29, 1.82) is 0 Å². The molecule has 1 amide bonds. The van der Waals surface area contributed by atoms with Gasteiger partial charge in [-0.25, -0.2) is 0 Å². The molecular formula is C13H21ClN4O. The maximum atomic E-state index is 12.6. The highest BCUT2D eigenvalue weighted by Crippen LogP contribution is 2.30. The Balaban J connectivity index is 0.00000133. The molecule has 19 heavy (non-hydrogen) atoms. The smallest absolute Gasteiger partial charge is 0.248 e. The van der Waals surface area contributed by atoms with Gasteiger partial charge in [0.2, 0.25) is 5.91 Å². The molecule has 0 aromatic carbocycles. The number of nitrogens with one attached hydrogen (secondary N) is 2. The van der Waals surface area contributed by atoms with E-state index in [1.54, 1.807) is 6.20 Å². The lowest BCUT2D eigenvalue weighted by atomic mass is 9.87. The molecule has 5 nitrogen and oxygen atoms in total. The number of amides is 1. The molecule has 6 heteroatoms. The molecule has 2 heterocycles. The van der Waals surface area contributed by atoms with E-state index in [1.807, 2.05) is 16.9 Å². The third-order valence-electron chi connectivity index (χ3n) is 4.04. The van der Waals surface area contributed by atoms with Gasteiger partial charge in [-0.3, -0.25) is 9.48 Å². The van der Waals surface area contributed by atoms with E-state index in [4.69, 9.17) is 0 Å². The van der Waals surface area contributed by atoms with Crippen LogP contribution in [0.4, 0.5) is 0 Å². The second-order valence-corrected chi connectivity index (χ2v) is 5.39. The van der Waals surface area contributed by atoms with Crippen LogP contribution in [0.15, 0.2) is 18.5 Å². The van der Waals surface area contributed by atoms with E-state index in [1.165, 1.54) is 12.8 Å². The predicted molar refractivity (Wildman–Crippen MR) is 75.3 cm³/mol. The number of rotatable bonds is 4. The average Bonchev–Trinajstić information content (AvgIpc) is 3.08. The number of hydrogen-bond acceptors (Lipinski definition) is 3. The Morgan fingerprint density at radius 3 is 2.74 bits per heavy atom. The summed E-state index contributed by atoms with van der Waals surface area (Å²) in [5.41, 5.74) is -0.482. The standard InChI is InChI=1S/C13H20N4O.ClH/c18-12(15-10-11-2-3-11)13(4-7-14-8-5-13)17-9-1-6-16-17;/h1,6,9,11,14H,2-5,7-8,10H2,(H,15,18);1H. The van der Waals surface area contributed by atoms with E-state index >= 15 is 0 Å². The van der Waals surface area contributed by atoms with Crippen molar-refractivity contribution in [3.63, 3.8) is 0 Å². The first-order chi connectivity index (χ1) is 8.81. The topological polar surface area (TPSA) is 59.0 Å². The van der Waals surface area contributed by atoms with E-state index in [-0.39, 0.29) is 18.3 Å². The lowest BCUT2D eigenvalue weighted by Gasteiger charge is -2.36.